The van der Waals surface area contributed by atoms with Crippen molar-refractivity contribution in [3.63, 3.8) is 0 Å². The average molecular weight is 122 g/mol. The zero-order valence-electron chi connectivity index (χ0n) is 5.34. The Morgan fingerprint density at radius 1 is 1.00 bits per heavy atom. The maximum Gasteiger partial charge on any atom is 0.139 e. The number of carbonyl (C=O) groups is 1. The highest BCUT2D eigenvalue weighted by molar-refractivity contribution is 5.89. The first kappa shape index (κ1) is 4.48. The van der Waals surface area contributed by atoms with E-state index in [0.29, 0.717) is 17.6 Å². The zero-order valence-corrected chi connectivity index (χ0v) is 5.34. The quantitative estimate of drug-likeness (QED) is 0.472. The van der Waals surface area contributed by atoms with Crippen molar-refractivity contribution in [3.05, 3.63) is 0 Å². The SMILES string of the molecule is O=C1C2CC2CC2CC12. The topological polar surface area (TPSA) is 17.1 Å². The first-order valence-corrected chi connectivity index (χ1v) is 3.90. The van der Waals surface area contributed by atoms with Crippen LogP contribution in [0.2, 0.25) is 0 Å². The van der Waals surface area contributed by atoms with Crippen LogP contribution in [0.3, 0.4) is 0 Å². The summed E-state index contributed by atoms with van der Waals surface area (Å²) in [5.41, 5.74) is 0. The molecule has 3 aliphatic carbocycles. The molecule has 48 valence electrons. The molecule has 1 nitrogen and oxygen atoms in total. The maximum absolute atomic E-state index is 11.2. The summed E-state index contributed by atoms with van der Waals surface area (Å²) in [5, 5.41) is 0. The summed E-state index contributed by atoms with van der Waals surface area (Å²) >= 11 is 0. The summed E-state index contributed by atoms with van der Waals surface area (Å²) in [5.74, 6) is 3.42. The van der Waals surface area contributed by atoms with Crippen molar-refractivity contribution < 1.29 is 4.79 Å². The molecule has 0 aliphatic heterocycles. The molecule has 3 rings (SSSR count). The van der Waals surface area contributed by atoms with E-state index in [1.165, 1.54) is 19.3 Å². The smallest absolute Gasteiger partial charge is 0.139 e. The van der Waals surface area contributed by atoms with Gasteiger partial charge in [0.1, 0.15) is 5.78 Å². The molecule has 4 unspecified atom stereocenters. The van der Waals surface area contributed by atoms with Gasteiger partial charge in [0.2, 0.25) is 0 Å². The molecule has 0 spiro atoms. The first-order valence-electron chi connectivity index (χ1n) is 3.90. The van der Waals surface area contributed by atoms with Gasteiger partial charge >= 0.3 is 0 Å². The van der Waals surface area contributed by atoms with Gasteiger partial charge < -0.3 is 0 Å². The van der Waals surface area contributed by atoms with E-state index in [2.05, 4.69) is 0 Å². The van der Waals surface area contributed by atoms with Crippen LogP contribution in [0.25, 0.3) is 0 Å². The monoisotopic (exact) mass is 122 g/mol. The molecule has 1 heteroatoms. The number of rotatable bonds is 0. The molecule has 0 saturated heterocycles. The Hall–Kier alpha value is -0.330. The van der Waals surface area contributed by atoms with Crippen molar-refractivity contribution in [1.82, 2.24) is 0 Å². The van der Waals surface area contributed by atoms with Gasteiger partial charge in [0.25, 0.3) is 0 Å². The van der Waals surface area contributed by atoms with Gasteiger partial charge in [0.15, 0.2) is 0 Å². The second kappa shape index (κ2) is 1.09. The van der Waals surface area contributed by atoms with Crippen LogP contribution in [0.1, 0.15) is 19.3 Å². The second-order valence-electron chi connectivity index (χ2n) is 3.84. The Kier molecular flexibility index (Phi) is 0.544. The molecule has 0 N–H and O–H groups in total. The van der Waals surface area contributed by atoms with E-state index < -0.39 is 0 Å². The van der Waals surface area contributed by atoms with Crippen LogP contribution in [-0.4, -0.2) is 5.78 Å². The van der Waals surface area contributed by atoms with Gasteiger partial charge in [0.05, 0.1) is 0 Å². The van der Waals surface area contributed by atoms with Crippen molar-refractivity contribution >= 4 is 5.78 Å². The van der Waals surface area contributed by atoms with Crippen LogP contribution in [0.15, 0.2) is 0 Å². The van der Waals surface area contributed by atoms with E-state index in [0.717, 1.165) is 11.8 Å². The van der Waals surface area contributed by atoms with Gasteiger partial charge in [-0.3, -0.25) is 4.79 Å². The van der Waals surface area contributed by atoms with Gasteiger partial charge in [-0.1, -0.05) is 0 Å². The van der Waals surface area contributed by atoms with E-state index in [9.17, 15) is 4.79 Å². The zero-order chi connectivity index (χ0) is 6.01. The number of ketones is 1. The second-order valence-corrected chi connectivity index (χ2v) is 3.84. The molecule has 0 amide bonds. The molecule has 3 aliphatic rings. The molecular formula is C8H10O. The lowest BCUT2D eigenvalue weighted by atomic mass is 10.00. The fourth-order valence-corrected chi connectivity index (χ4v) is 2.38. The Bertz CT molecular complexity index is 167. The molecular weight excluding hydrogens is 112 g/mol. The van der Waals surface area contributed by atoms with E-state index in [1.807, 2.05) is 0 Å². The number of fused-ring (bicyclic) bond motifs is 2. The fraction of sp³-hybridized carbons (Fsp3) is 0.875. The fourth-order valence-electron chi connectivity index (χ4n) is 2.38. The minimum Gasteiger partial charge on any atom is -0.299 e. The Balaban J connectivity index is 1.95. The number of hydrogen-bond donors (Lipinski definition) is 0. The number of Topliss-reactive ketones (excluding diaryl/α,β-unsaturated/α-hetero) is 1. The molecule has 0 aromatic carbocycles. The molecule has 0 aromatic rings. The molecule has 0 bridgehead atoms. The Morgan fingerprint density at radius 3 is 2.11 bits per heavy atom. The normalized spacial score (nSPS) is 60.2. The lowest BCUT2D eigenvalue weighted by Crippen LogP contribution is -2.11. The third kappa shape index (κ3) is 0.440. The Labute approximate surface area is 54.4 Å². The highest BCUT2D eigenvalue weighted by Gasteiger charge is 2.59. The molecule has 3 saturated carbocycles. The molecule has 0 aromatic heterocycles. The predicted molar refractivity (Wildman–Crippen MR) is 32.8 cm³/mol. The van der Waals surface area contributed by atoms with Gasteiger partial charge in [-0.15, -0.1) is 0 Å². The summed E-state index contributed by atoms with van der Waals surface area (Å²) < 4.78 is 0. The van der Waals surface area contributed by atoms with Gasteiger partial charge in [-0.05, 0) is 31.1 Å². The minimum absolute atomic E-state index is 0.550. The van der Waals surface area contributed by atoms with Crippen LogP contribution in [-0.2, 0) is 4.79 Å². The van der Waals surface area contributed by atoms with Crippen LogP contribution < -0.4 is 0 Å². The average Bonchev–Trinajstić information content (AvgIpc) is 2.57. The standard InChI is InChI=1S/C8H10O/c9-8-6-2-4(6)1-5-3-7(5)8/h4-7H,1-3H2. The van der Waals surface area contributed by atoms with Gasteiger partial charge in [-0.25, -0.2) is 0 Å². The van der Waals surface area contributed by atoms with Crippen LogP contribution in [0.4, 0.5) is 0 Å². The highest BCUT2D eigenvalue weighted by atomic mass is 16.1. The van der Waals surface area contributed by atoms with Crippen molar-refractivity contribution in [2.45, 2.75) is 19.3 Å². The van der Waals surface area contributed by atoms with Gasteiger partial charge in [-0.2, -0.15) is 0 Å². The summed E-state index contributed by atoms with van der Waals surface area (Å²) in [6.07, 6.45) is 3.87. The summed E-state index contributed by atoms with van der Waals surface area (Å²) in [4.78, 5) is 11.2. The minimum atomic E-state index is 0.550. The van der Waals surface area contributed by atoms with Crippen molar-refractivity contribution in [2.24, 2.45) is 23.7 Å². The first-order chi connectivity index (χ1) is 4.36. The lowest BCUT2D eigenvalue weighted by Gasteiger charge is -2.04. The molecule has 0 heterocycles. The summed E-state index contributed by atoms with van der Waals surface area (Å²) in [6.45, 7) is 0. The number of hydrogen-bond acceptors (Lipinski definition) is 1. The van der Waals surface area contributed by atoms with Crippen LogP contribution in [0.5, 0.6) is 0 Å². The van der Waals surface area contributed by atoms with Crippen molar-refractivity contribution in [1.29, 1.82) is 0 Å². The van der Waals surface area contributed by atoms with E-state index >= 15 is 0 Å². The van der Waals surface area contributed by atoms with E-state index in [4.69, 9.17) is 0 Å². The Morgan fingerprint density at radius 2 is 1.56 bits per heavy atom. The largest absolute Gasteiger partial charge is 0.299 e. The lowest BCUT2D eigenvalue weighted by molar-refractivity contribution is -0.122. The summed E-state index contributed by atoms with van der Waals surface area (Å²) in [6, 6.07) is 0. The third-order valence-electron chi connectivity index (χ3n) is 3.18. The molecule has 4 atom stereocenters. The molecule has 3 fully saturated rings. The van der Waals surface area contributed by atoms with Crippen LogP contribution >= 0.6 is 0 Å². The summed E-state index contributed by atoms with van der Waals surface area (Å²) in [7, 11) is 0. The number of carbonyl (C=O) groups excluding carboxylic acids is 1. The maximum atomic E-state index is 11.2. The molecule has 0 radical (unpaired) electrons. The van der Waals surface area contributed by atoms with Crippen molar-refractivity contribution in [2.75, 3.05) is 0 Å². The van der Waals surface area contributed by atoms with Gasteiger partial charge in [0, 0.05) is 11.8 Å². The van der Waals surface area contributed by atoms with E-state index in [1.54, 1.807) is 0 Å². The van der Waals surface area contributed by atoms with Crippen molar-refractivity contribution in [3.8, 4) is 0 Å². The molecule has 9 heavy (non-hydrogen) atoms. The third-order valence-corrected chi connectivity index (χ3v) is 3.18. The highest BCUT2D eigenvalue weighted by Crippen LogP contribution is 2.60. The van der Waals surface area contributed by atoms with E-state index in [-0.39, 0.29) is 0 Å². The predicted octanol–water partition coefficient (Wildman–Crippen LogP) is 1.23. The van der Waals surface area contributed by atoms with Crippen LogP contribution in [0, 0.1) is 23.7 Å².